The second kappa shape index (κ2) is 8.69. The number of benzene rings is 1. The van der Waals surface area contributed by atoms with Gasteiger partial charge in [0, 0.05) is 24.5 Å². The van der Waals surface area contributed by atoms with Gasteiger partial charge in [-0.3, -0.25) is 9.59 Å². The van der Waals surface area contributed by atoms with Gasteiger partial charge in [-0.2, -0.15) is 0 Å². The molecule has 1 heterocycles. The van der Waals surface area contributed by atoms with E-state index in [4.69, 9.17) is 4.98 Å². The van der Waals surface area contributed by atoms with E-state index in [0.717, 1.165) is 41.0 Å². The standard InChI is InChI=1S/C24H28FN3O3/c1-13-16-6-7-18(26-4)21-14(2)23(28-19(22(16)21)11-17(13)25)20(27-5)10-15(8-9-29)24(3,31)12-30/h8-12,18,26-27,31H,6-7H2,1-5H3/b15-8+,20-10-/t18-,24+/m0/s1. The highest BCUT2D eigenvalue weighted by Gasteiger charge is 2.29. The van der Waals surface area contributed by atoms with Gasteiger partial charge in [-0.05, 0) is 80.6 Å². The SMILES string of the molecule is CN/C(=C\C(=C/C=O)[C@](C)(O)C=O)c1nc2cc(F)c(C)c3c2c(c1C)[C@@H](NC)CC3. The molecule has 1 aliphatic rings. The molecular formula is C24H28FN3O3. The van der Waals surface area contributed by atoms with Gasteiger partial charge in [-0.15, -0.1) is 0 Å². The quantitative estimate of drug-likeness (QED) is 0.359. The minimum absolute atomic E-state index is 0.0859. The molecule has 3 N–H and O–H groups in total. The number of hydrogen-bond acceptors (Lipinski definition) is 6. The van der Waals surface area contributed by atoms with Crippen LogP contribution in [0.15, 0.2) is 23.8 Å². The fourth-order valence-corrected chi connectivity index (χ4v) is 4.35. The van der Waals surface area contributed by atoms with Crippen molar-refractivity contribution in [2.24, 2.45) is 0 Å². The van der Waals surface area contributed by atoms with Crippen LogP contribution in [-0.4, -0.2) is 42.4 Å². The van der Waals surface area contributed by atoms with Crippen LogP contribution >= 0.6 is 0 Å². The van der Waals surface area contributed by atoms with Crippen LogP contribution in [0, 0.1) is 19.7 Å². The maximum Gasteiger partial charge on any atom is 0.155 e. The summed E-state index contributed by atoms with van der Waals surface area (Å²) >= 11 is 0. The molecule has 0 amide bonds. The van der Waals surface area contributed by atoms with E-state index in [1.165, 1.54) is 19.1 Å². The van der Waals surface area contributed by atoms with E-state index in [1.807, 2.05) is 14.0 Å². The summed E-state index contributed by atoms with van der Waals surface area (Å²) in [7, 11) is 3.59. The molecule has 1 aromatic carbocycles. The van der Waals surface area contributed by atoms with E-state index in [-0.39, 0.29) is 17.4 Å². The van der Waals surface area contributed by atoms with Crippen LogP contribution in [0.2, 0.25) is 0 Å². The van der Waals surface area contributed by atoms with Crippen LogP contribution in [0.5, 0.6) is 0 Å². The summed E-state index contributed by atoms with van der Waals surface area (Å²) in [4.78, 5) is 27.2. The zero-order valence-electron chi connectivity index (χ0n) is 18.5. The van der Waals surface area contributed by atoms with Crippen molar-refractivity contribution in [3.05, 3.63) is 57.6 Å². The molecular weight excluding hydrogens is 397 g/mol. The summed E-state index contributed by atoms with van der Waals surface area (Å²) in [5.41, 5.74) is 3.53. The molecule has 2 aromatic rings. The second-order valence-corrected chi connectivity index (χ2v) is 8.07. The van der Waals surface area contributed by atoms with Crippen molar-refractivity contribution in [3.8, 4) is 0 Å². The van der Waals surface area contributed by atoms with Crippen LogP contribution in [0.3, 0.4) is 0 Å². The van der Waals surface area contributed by atoms with E-state index in [1.54, 1.807) is 14.0 Å². The topological polar surface area (TPSA) is 91.3 Å². The highest BCUT2D eigenvalue weighted by molar-refractivity contribution is 5.92. The van der Waals surface area contributed by atoms with Crippen LogP contribution in [-0.2, 0) is 16.0 Å². The lowest BCUT2D eigenvalue weighted by molar-refractivity contribution is -0.119. The number of aldehydes is 2. The summed E-state index contributed by atoms with van der Waals surface area (Å²) in [6, 6.07) is 1.54. The number of pyridine rings is 1. The monoisotopic (exact) mass is 425 g/mol. The van der Waals surface area contributed by atoms with Crippen molar-refractivity contribution >= 4 is 29.2 Å². The van der Waals surface area contributed by atoms with E-state index in [0.29, 0.717) is 35.0 Å². The molecule has 1 aliphatic carbocycles. The summed E-state index contributed by atoms with van der Waals surface area (Å²) in [5.74, 6) is -0.293. The molecule has 0 radical (unpaired) electrons. The van der Waals surface area contributed by atoms with Gasteiger partial charge < -0.3 is 15.7 Å². The minimum atomic E-state index is -1.84. The highest BCUT2D eigenvalue weighted by Crippen LogP contribution is 2.40. The van der Waals surface area contributed by atoms with Crippen molar-refractivity contribution in [2.75, 3.05) is 14.1 Å². The molecule has 3 rings (SSSR count). The maximum atomic E-state index is 14.7. The molecule has 1 aromatic heterocycles. The number of allylic oxidation sites excluding steroid dienone is 1. The van der Waals surface area contributed by atoms with Crippen LogP contribution in [0.4, 0.5) is 4.39 Å². The second-order valence-electron chi connectivity index (χ2n) is 8.07. The van der Waals surface area contributed by atoms with E-state index >= 15 is 0 Å². The Morgan fingerprint density at radius 1 is 1.29 bits per heavy atom. The molecule has 0 spiro atoms. The first-order valence-electron chi connectivity index (χ1n) is 10.2. The number of hydrogen-bond donors (Lipinski definition) is 3. The van der Waals surface area contributed by atoms with Crippen molar-refractivity contribution in [3.63, 3.8) is 0 Å². The number of aliphatic hydroxyl groups is 1. The minimum Gasteiger partial charge on any atom is -0.386 e. The molecule has 0 fully saturated rings. The lowest BCUT2D eigenvalue weighted by atomic mass is 9.81. The number of nitrogens with zero attached hydrogens (tertiary/aromatic N) is 1. The molecule has 6 nitrogen and oxygen atoms in total. The summed E-state index contributed by atoms with van der Waals surface area (Å²) in [6.07, 6.45) is 5.16. The number of aromatic nitrogens is 1. The van der Waals surface area contributed by atoms with Crippen LogP contribution in [0.1, 0.15) is 47.3 Å². The van der Waals surface area contributed by atoms with Gasteiger partial charge in [0.15, 0.2) is 6.29 Å². The number of nitrogens with one attached hydrogen (secondary N) is 2. The van der Waals surface area contributed by atoms with Gasteiger partial charge in [-0.25, -0.2) is 9.37 Å². The van der Waals surface area contributed by atoms with E-state index in [2.05, 4.69) is 10.6 Å². The van der Waals surface area contributed by atoms with Gasteiger partial charge >= 0.3 is 0 Å². The predicted molar refractivity (Wildman–Crippen MR) is 119 cm³/mol. The number of carbonyl (C=O) groups excluding carboxylic acids is 2. The highest BCUT2D eigenvalue weighted by atomic mass is 19.1. The van der Waals surface area contributed by atoms with Crippen LogP contribution in [0.25, 0.3) is 16.6 Å². The third-order valence-electron chi connectivity index (χ3n) is 6.16. The molecule has 0 bridgehead atoms. The maximum absolute atomic E-state index is 14.7. The summed E-state index contributed by atoms with van der Waals surface area (Å²) in [5, 5.41) is 17.8. The normalized spacial score (nSPS) is 18.6. The zero-order valence-corrected chi connectivity index (χ0v) is 18.5. The third-order valence-corrected chi connectivity index (χ3v) is 6.16. The number of aryl methyl sites for hydroxylation is 1. The van der Waals surface area contributed by atoms with Crippen molar-refractivity contribution in [1.82, 2.24) is 15.6 Å². The summed E-state index contributed by atoms with van der Waals surface area (Å²) < 4.78 is 14.7. The van der Waals surface area contributed by atoms with Gasteiger partial charge in [0.2, 0.25) is 0 Å². The Kier molecular flexibility index (Phi) is 6.38. The summed E-state index contributed by atoms with van der Waals surface area (Å²) in [6.45, 7) is 5.07. The van der Waals surface area contributed by atoms with Gasteiger partial charge in [0.1, 0.15) is 17.7 Å². The predicted octanol–water partition coefficient (Wildman–Crippen LogP) is 2.83. The van der Waals surface area contributed by atoms with Gasteiger partial charge in [0.05, 0.1) is 16.9 Å². The lowest BCUT2D eigenvalue weighted by Gasteiger charge is -2.30. The third kappa shape index (κ3) is 3.91. The molecule has 2 atom stereocenters. The molecule has 31 heavy (non-hydrogen) atoms. The number of rotatable bonds is 7. The molecule has 0 aliphatic heterocycles. The molecule has 0 saturated heterocycles. The van der Waals surface area contributed by atoms with E-state index < -0.39 is 5.60 Å². The molecule has 0 unspecified atom stereocenters. The number of halogens is 1. The molecule has 0 saturated carbocycles. The lowest BCUT2D eigenvalue weighted by Crippen LogP contribution is -2.29. The van der Waals surface area contributed by atoms with Crippen molar-refractivity contribution < 1.29 is 19.1 Å². The van der Waals surface area contributed by atoms with Crippen molar-refractivity contribution in [1.29, 1.82) is 0 Å². The molecule has 7 heteroatoms. The first kappa shape index (κ1) is 22.8. The zero-order chi connectivity index (χ0) is 22.9. The van der Waals surface area contributed by atoms with E-state index in [9.17, 15) is 19.1 Å². The fourth-order valence-electron chi connectivity index (χ4n) is 4.35. The number of carbonyl (C=O) groups is 2. The van der Waals surface area contributed by atoms with Gasteiger partial charge in [0.25, 0.3) is 0 Å². The Morgan fingerprint density at radius 3 is 2.58 bits per heavy atom. The Balaban J connectivity index is 2.36. The average molecular weight is 426 g/mol. The first-order valence-corrected chi connectivity index (χ1v) is 10.2. The Bertz CT molecular complexity index is 1120. The Labute approximate surface area is 181 Å². The van der Waals surface area contributed by atoms with Gasteiger partial charge in [-0.1, -0.05) is 0 Å². The first-order chi connectivity index (χ1) is 14.7. The average Bonchev–Trinajstić information content (AvgIpc) is 2.76. The Hall–Kier alpha value is -2.90. The van der Waals surface area contributed by atoms with Crippen molar-refractivity contribution in [2.45, 2.75) is 45.3 Å². The Morgan fingerprint density at radius 2 is 2.00 bits per heavy atom. The molecule has 164 valence electrons. The largest absolute Gasteiger partial charge is 0.386 e. The fraction of sp³-hybridized carbons (Fsp3) is 0.375. The smallest absolute Gasteiger partial charge is 0.155 e. The van der Waals surface area contributed by atoms with Crippen LogP contribution < -0.4 is 10.6 Å².